The Labute approximate surface area is 130 Å². The van der Waals surface area contributed by atoms with E-state index in [0.717, 1.165) is 12.0 Å². The van der Waals surface area contributed by atoms with Crippen molar-refractivity contribution in [2.75, 3.05) is 0 Å². The lowest BCUT2D eigenvalue weighted by Crippen LogP contribution is -2.48. The topological polar surface area (TPSA) is 76.1 Å². The van der Waals surface area contributed by atoms with Gasteiger partial charge in [-0.05, 0) is 17.4 Å². The Morgan fingerprint density at radius 2 is 2.00 bits per heavy atom. The van der Waals surface area contributed by atoms with Crippen molar-refractivity contribution in [1.82, 2.24) is 0 Å². The van der Waals surface area contributed by atoms with Crippen LogP contribution in [0, 0.1) is 22.7 Å². The zero-order valence-corrected chi connectivity index (χ0v) is 12.9. The minimum atomic E-state index is -0.322. The first-order chi connectivity index (χ1) is 10.4. The number of ether oxygens (including phenoxy) is 1. The molecule has 1 aromatic rings. The number of Topliss-reactive ketones (excluding diaryl/α,β-unsaturated/α-hetero) is 1. The quantitative estimate of drug-likeness (QED) is 0.864. The molecule has 0 spiro atoms. The summed E-state index contributed by atoms with van der Waals surface area (Å²) in [5, 5.41) is 9.49. The van der Waals surface area contributed by atoms with Gasteiger partial charge in [-0.15, -0.1) is 0 Å². The Morgan fingerprint density at radius 1 is 1.32 bits per heavy atom. The lowest BCUT2D eigenvalue weighted by atomic mass is 9.63. The third-order valence-corrected chi connectivity index (χ3v) is 4.67. The van der Waals surface area contributed by atoms with Crippen molar-refractivity contribution in [3.05, 3.63) is 47.4 Å². The Hall–Kier alpha value is -2.28. The molecular formula is C18H20N2O2. The molecule has 4 nitrogen and oxygen atoms in total. The molecule has 2 N–H and O–H groups in total. The number of allylic oxidation sites excluding steroid dienone is 1. The molecular weight excluding hydrogens is 276 g/mol. The van der Waals surface area contributed by atoms with Gasteiger partial charge in [0.2, 0.25) is 0 Å². The highest BCUT2D eigenvalue weighted by Crippen LogP contribution is 2.48. The minimum absolute atomic E-state index is 0.0933. The van der Waals surface area contributed by atoms with E-state index in [2.05, 4.69) is 19.9 Å². The summed E-state index contributed by atoms with van der Waals surface area (Å²) in [6.45, 7) is 4.14. The van der Waals surface area contributed by atoms with Crippen LogP contribution >= 0.6 is 0 Å². The fourth-order valence-corrected chi connectivity index (χ4v) is 3.77. The van der Waals surface area contributed by atoms with Gasteiger partial charge in [0.05, 0.1) is 11.5 Å². The number of nitrogens with two attached hydrogens (primary N) is 1. The van der Waals surface area contributed by atoms with Crippen LogP contribution in [0.2, 0.25) is 0 Å². The maximum absolute atomic E-state index is 12.7. The fraction of sp³-hybridized carbons (Fsp3) is 0.444. The van der Waals surface area contributed by atoms with Crippen LogP contribution < -0.4 is 5.73 Å². The Kier molecular flexibility index (Phi) is 3.44. The summed E-state index contributed by atoms with van der Waals surface area (Å²) in [5.74, 6) is -0.288. The summed E-state index contributed by atoms with van der Waals surface area (Å²) in [5.41, 5.74) is 7.22. The second kappa shape index (κ2) is 5.17. The standard InChI is InChI=1S/C18H20N2O2/c1-18(2)8-13(21)16-14(9-18)22-17(20)12(10-19)15(16)11-6-4-3-5-7-11/h3-7,14-16H,8-9,20H2,1-2H3. The zero-order chi connectivity index (χ0) is 15.9. The number of hydrogen-bond donors (Lipinski definition) is 1. The van der Waals surface area contributed by atoms with Gasteiger partial charge in [0.15, 0.2) is 5.88 Å². The molecule has 2 aliphatic rings. The number of carbonyl (C=O) groups excluding carboxylic acids is 1. The highest BCUT2D eigenvalue weighted by atomic mass is 16.5. The van der Waals surface area contributed by atoms with Gasteiger partial charge in [-0.25, -0.2) is 0 Å². The van der Waals surface area contributed by atoms with E-state index in [0.29, 0.717) is 12.0 Å². The first kappa shape index (κ1) is 14.6. The van der Waals surface area contributed by atoms with Gasteiger partial charge in [0, 0.05) is 12.3 Å². The zero-order valence-electron chi connectivity index (χ0n) is 12.9. The number of carbonyl (C=O) groups is 1. The van der Waals surface area contributed by atoms with Crippen LogP contribution in [0.3, 0.4) is 0 Å². The summed E-state index contributed by atoms with van der Waals surface area (Å²) in [6, 6.07) is 11.8. The normalized spacial score (nSPS) is 30.2. The molecule has 1 fully saturated rings. The number of fused-ring (bicyclic) bond motifs is 1. The summed E-state index contributed by atoms with van der Waals surface area (Å²) in [4.78, 5) is 12.7. The van der Waals surface area contributed by atoms with Gasteiger partial charge in [-0.3, -0.25) is 4.79 Å². The number of nitriles is 1. The number of benzene rings is 1. The van der Waals surface area contributed by atoms with E-state index in [1.54, 1.807) is 0 Å². The van der Waals surface area contributed by atoms with Gasteiger partial charge < -0.3 is 10.5 Å². The van der Waals surface area contributed by atoms with Crippen molar-refractivity contribution in [3.63, 3.8) is 0 Å². The molecule has 0 aromatic heterocycles. The maximum Gasteiger partial charge on any atom is 0.199 e. The van der Waals surface area contributed by atoms with E-state index in [-0.39, 0.29) is 35.0 Å². The van der Waals surface area contributed by atoms with E-state index in [1.807, 2.05) is 30.3 Å². The maximum atomic E-state index is 12.7. The highest BCUT2D eigenvalue weighted by molar-refractivity contribution is 5.85. The van der Waals surface area contributed by atoms with Crippen LogP contribution in [0.5, 0.6) is 0 Å². The lowest BCUT2D eigenvalue weighted by molar-refractivity contribution is -0.138. The molecule has 1 aliphatic heterocycles. The van der Waals surface area contributed by atoms with E-state index in [9.17, 15) is 10.1 Å². The molecule has 0 amide bonds. The average molecular weight is 296 g/mol. The predicted molar refractivity (Wildman–Crippen MR) is 82.4 cm³/mol. The molecule has 1 aromatic carbocycles. The van der Waals surface area contributed by atoms with E-state index in [1.165, 1.54) is 0 Å². The van der Waals surface area contributed by atoms with Crippen molar-refractivity contribution >= 4 is 5.78 Å². The fourth-order valence-electron chi connectivity index (χ4n) is 3.77. The monoisotopic (exact) mass is 296 g/mol. The minimum Gasteiger partial charge on any atom is -0.474 e. The smallest absolute Gasteiger partial charge is 0.199 e. The third-order valence-electron chi connectivity index (χ3n) is 4.67. The summed E-state index contributed by atoms with van der Waals surface area (Å²) in [6.07, 6.45) is 1.03. The van der Waals surface area contributed by atoms with Crippen LogP contribution in [-0.2, 0) is 9.53 Å². The largest absolute Gasteiger partial charge is 0.474 e. The van der Waals surface area contributed by atoms with Gasteiger partial charge in [-0.2, -0.15) is 5.26 Å². The SMILES string of the molecule is CC1(C)CC(=O)C2C(C1)OC(N)=C(C#N)C2c1ccccc1. The molecule has 0 bridgehead atoms. The molecule has 114 valence electrons. The molecule has 3 atom stereocenters. The number of rotatable bonds is 1. The average Bonchev–Trinajstić information content (AvgIpc) is 2.45. The molecule has 1 saturated carbocycles. The van der Waals surface area contributed by atoms with Gasteiger partial charge in [-0.1, -0.05) is 44.2 Å². The van der Waals surface area contributed by atoms with Crippen LogP contribution in [0.25, 0.3) is 0 Å². The van der Waals surface area contributed by atoms with Crippen molar-refractivity contribution in [2.45, 2.75) is 38.7 Å². The molecule has 3 unspecified atom stereocenters. The summed E-state index contributed by atoms with van der Waals surface area (Å²) in [7, 11) is 0. The van der Waals surface area contributed by atoms with Crippen molar-refractivity contribution < 1.29 is 9.53 Å². The van der Waals surface area contributed by atoms with E-state index in [4.69, 9.17) is 10.5 Å². The first-order valence-corrected chi connectivity index (χ1v) is 7.57. The van der Waals surface area contributed by atoms with Crippen LogP contribution in [-0.4, -0.2) is 11.9 Å². The lowest BCUT2D eigenvalue weighted by Gasteiger charge is -2.45. The number of nitrogens with zero attached hydrogens (tertiary/aromatic N) is 1. The van der Waals surface area contributed by atoms with Crippen LogP contribution in [0.15, 0.2) is 41.8 Å². The molecule has 1 heterocycles. The van der Waals surface area contributed by atoms with Crippen molar-refractivity contribution in [1.29, 1.82) is 5.26 Å². The Morgan fingerprint density at radius 3 is 2.64 bits per heavy atom. The highest BCUT2D eigenvalue weighted by Gasteiger charge is 2.50. The van der Waals surface area contributed by atoms with Gasteiger partial charge in [0.25, 0.3) is 0 Å². The number of ketones is 1. The second-order valence-corrected chi connectivity index (χ2v) is 6.97. The van der Waals surface area contributed by atoms with Crippen molar-refractivity contribution in [3.8, 4) is 6.07 Å². The molecule has 0 radical (unpaired) electrons. The number of hydrogen-bond acceptors (Lipinski definition) is 4. The van der Waals surface area contributed by atoms with E-state index >= 15 is 0 Å². The molecule has 1 aliphatic carbocycles. The Bertz CT molecular complexity index is 670. The summed E-state index contributed by atoms with van der Waals surface area (Å²) >= 11 is 0. The van der Waals surface area contributed by atoms with Gasteiger partial charge >= 0.3 is 0 Å². The summed E-state index contributed by atoms with van der Waals surface area (Å²) < 4.78 is 5.77. The molecule has 22 heavy (non-hydrogen) atoms. The van der Waals surface area contributed by atoms with E-state index < -0.39 is 0 Å². The Balaban J connectivity index is 2.10. The third kappa shape index (κ3) is 2.37. The van der Waals surface area contributed by atoms with Gasteiger partial charge in [0.1, 0.15) is 18.0 Å². The second-order valence-electron chi connectivity index (χ2n) is 6.97. The van der Waals surface area contributed by atoms with Crippen LogP contribution in [0.1, 0.15) is 38.2 Å². The predicted octanol–water partition coefficient (Wildman–Crippen LogP) is 2.87. The molecule has 0 saturated heterocycles. The molecule has 4 heteroatoms. The molecule has 3 rings (SSSR count). The van der Waals surface area contributed by atoms with Crippen molar-refractivity contribution in [2.24, 2.45) is 17.1 Å². The van der Waals surface area contributed by atoms with Crippen LogP contribution in [0.4, 0.5) is 0 Å². The first-order valence-electron chi connectivity index (χ1n) is 7.57.